The molecule has 0 aliphatic rings. The smallest absolute Gasteiger partial charge is 0.273 e. The lowest BCUT2D eigenvalue weighted by Gasteiger charge is -2.24. The second-order valence-electron chi connectivity index (χ2n) is 6.75. The topological polar surface area (TPSA) is 77.7 Å². The number of benzene rings is 1. The van der Waals surface area contributed by atoms with E-state index in [1.54, 1.807) is 14.2 Å². The summed E-state index contributed by atoms with van der Waals surface area (Å²) in [5, 5.41) is 2.74. The average molecular weight is 392 g/mol. The van der Waals surface area contributed by atoms with Gasteiger partial charge in [-0.05, 0) is 36.6 Å². The number of ether oxygens (including phenoxy) is 2. The molecule has 2 rings (SSSR count). The lowest BCUT2D eigenvalue weighted by atomic mass is 10.1. The van der Waals surface area contributed by atoms with Gasteiger partial charge in [0.1, 0.15) is 5.69 Å². The Bertz CT molecular complexity index is 746. The van der Waals surface area contributed by atoms with Crippen LogP contribution in [0.2, 0.25) is 0 Å². The summed E-state index contributed by atoms with van der Waals surface area (Å²) in [5.74, 6) is 1.75. The summed E-state index contributed by atoms with van der Waals surface area (Å²) in [5.41, 5.74) is 7.18. The number of carbonyl (C=O) groups is 1. The van der Waals surface area contributed by atoms with Gasteiger partial charge < -0.3 is 20.1 Å². The number of rotatable bonds is 10. The van der Waals surface area contributed by atoms with E-state index >= 15 is 0 Å². The second kappa shape index (κ2) is 10.3. The van der Waals surface area contributed by atoms with Gasteiger partial charge in [0.2, 0.25) is 0 Å². The molecule has 1 amide bonds. The van der Waals surface area contributed by atoms with E-state index in [4.69, 9.17) is 15.2 Å². The van der Waals surface area contributed by atoms with Gasteiger partial charge in [-0.2, -0.15) is 0 Å². The van der Waals surface area contributed by atoms with E-state index in [2.05, 4.69) is 18.8 Å². The van der Waals surface area contributed by atoms with Gasteiger partial charge in [-0.1, -0.05) is 19.9 Å². The molecule has 1 aromatic carbocycles. The Morgan fingerprint density at radius 1 is 1.22 bits per heavy atom. The first kappa shape index (κ1) is 21.2. The fraction of sp³-hybridized carbons (Fsp3) is 0.500. The first-order valence-electron chi connectivity index (χ1n) is 9.13. The molecular weight excluding hydrogens is 362 g/mol. The Morgan fingerprint density at radius 3 is 2.59 bits per heavy atom. The Balaban J connectivity index is 2.10. The van der Waals surface area contributed by atoms with Crippen LogP contribution in [0.3, 0.4) is 0 Å². The van der Waals surface area contributed by atoms with Crippen LogP contribution < -0.4 is 15.2 Å². The highest BCUT2D eigenvalue weighted by Gasteiger charge is 2.20. The van der Waals surface area contributed by atoms with E-state index in [1.807, 2.05) is 28.5 Å². The number of amides is 1. The molecule has 0 saturated heterocycles. The third-order valence-corrected chi connectivity index (χ3v) is 5.03. The number of aromatic nitrogens is 1. The SMILES string of the molecule is COc1ccc(CCN(CC(C)C)C(=O)c2csc(CCN)n2)cc1OC. The normalized spacial score (nSPS) is 10.9. The molecule has 6 nitrogen and oxygen atoms in total. The van der Waals surface area contributed by atoms with Gasteiger partial charge in [0.05, 0.1) is 19.2 Å². The van der Waals surface area contributed by atoms with Gasteiger partial charge in [-0.15, -0.1) is 11.3 Å². The van der Waals surface area contributed by atoms with E-state index in [1.165, 1.54) is 11.3 Å². The van der Waals surface area contributed by atoms with Crippen LogP contribution in [0.25, 0.3) is 0 Å². The van der Waals surface area contributed by atoms with Crippen molar-refractivity contribution in [2.45, 2.75) is 26.7 Å². The standard InChI is InChI=1S/C20H29N3O3S/c1-14(2)12-23(20(24)16-13-27-19(22-16)7-9-21)10-8-15-5-6-17(25-3)18(11-15)26-4/h5-6,11,13-14H,7-10,12,21H2,1-4H3. The van der Waals surface area contributed by atoms with Crippen LogP contribution in [0.5, 0.6) is 11.5 Å². The van der Waals surface area contributed by atoms with Crippen LogP contribution in [0, 0.1) is 5.92 Å². The molecule has 7 heteroatoms. The predicted molar refractivity (Wildman–Crippen MR) is 109 cm³/mol. The Morgan fingerprint density at radius 2 is 1.96 bits per heavy atom. The van der Waals surface area contributed by atoms with Crippen molar-refractivity contribution in [2.75, 3.05) is 33.9 Å². The van der Waals surface area contributed by atoms with Crippen LogP contribution in [-0.2, 0) is 12.8 Å². The molecule has 0 radical (unpaired) electrons. The minimum absolute atomic E-state index is 0.0244. The van der Waals surface area contributed by atoms with Gasteiger partial charge in [0.25, 0.3) is 5.91 Å². The maximum absolute atomic E-state index is 12.9. The number of carbonyl (C=O) groups excluding carboxylic acids is 1. The lowest BCUT2D eigenvalue weighted by Crippen LogP contribution is -2.36. The largest absolute Gasteiger partial charge is 0.493 e. The third-order valence-electron chi connectivity index (χ3n) is 4.12. The molecule has 27 heavy (non-hydrogen) atoms. The molecule has 0 atom stereocenters. The molecule has 1 heterocycles. The molecule has 2 N–H and O–H groups in total. The molecule has 0 aliphatic heterocycles. The number of nitrogens with zero attached hydrogens (tertiary/aromatic N) is 2. The number of thiazole rings is 1. The summed E-state index contributed by atoms with van der Waals surface area (Å²) >= 11 is 1.49. The van der Waals surface area contributed by atoms with Crippen LogP contribution in [0.4, 0.5) is 0 Å². The minimum atomic E-state index is -0.0244. The zero-order valence-corrected chi connectivity index (χ0v) is 17.3. The molecule has 0 fully saturated rings. The monoisotopic (exact) mass is 391 g/mol. The molecule has 0 bridgehead atoms. The second-order valence-corrected chi connectivity index (χ2v) is 7.69. The quantitative estimate of drug-likeness (QED) is 0.674. The van der Waals surface area contributed by atoms with Crippen LogP contribution in [-0.4, -0.2) is 49.6 Å². The van der Waals surface area contributed by atoms with Gasteiger partial charge in [0.15, 0.2) is 11.5 Å². The average Bonchev–Trinajstić information content (AvgIpc) is 3.13. The summed E-state index contributed by atoms with van der Waals surface area (Å²) < 4.78 is 10.6. The summed E-state index contributed by atoms with van der Waals surface area (Å²) in [6.45, 7) is 6.07. The summed E-state index contributed by atoms with van der Waals surface area (Å²) in [4.78, 5) is 19.3. The van der Waals surface area contributed by atoms with E-state index < -0.39 is 0 Å². The molecule has 2 aromatic rings. The third kappa shape index (κ3) is 5.94. The Labute approximate surface area is 165 Å². The van der Waals surface area contributed by atoms with Gasteiger partial charge >= 0.3 is 0 Å². The van der Waals surface area contributed by atoms with Gasteiger partial charge in [-0.3, -0.25) is 4.79 Å². The van der Waals surface area contributed by atoms with E-state index in [0.717, 1.165) is 17.0 Å². The zero-order valence-electron chi connectivity index (χ0n) is 16.5. The minimum Gasteiger partial charge on any atom is -0.493 e. The molecule has 0 aliphatic carbocycles. The fourth-order valence-corrected chi connectivity index (χ4v) is 3.61. The van der Waals surface area contributed by atoms with Crippen LogP contribution in [0.1, 0.15) is 34.9 Å². The van der Waals surface area contributed by atoms with Crippen molar-refractivity contribution in [3.8, 4) is 11.5 Å². The van der Waals surface area contributed by atoms with Crippen molar-refractivity contribution in [2.24, 2.45) is 11.7 Å². The lowest BCUT2D eigenvalue weighted by molar-refractivity contribution is 0.0732. The molecule has 0 saturated carbocycles. The number of methoxy groups -OCH3 is 2. The van der Waals surface area contributed by atoms with Crippen LogP contribution in [0.15, 0.2) is 23.6 Å². The molecule has 1 aromatic heterocycles. The van der Waals surface area contributed by atoms with Crippen molar-refractivity contribution in [3.63, 3.8) is 0 Å². The van der Waals surface area contributed by atoms with Crippen molar-refractivity contribution in [3.05, 3.63) is 39.8 Å². The predicted octanol–water partition coefficient (Wildman–Crippen LogP) is 3.00. The van der Waals surface area contributed by atoms with Gasteiger partial charge in [-0.25, -0.2) is 4.98 Å². The summed E-state index contributed by atoms with van der Waals surface area (Å²) in [6, 6.07) is 5.85. The number of nitrogens with two attached hydrogens (primary N) is 1. The van der Waals surface area contributed by atoms with Crippen molar-refractivity contribution >= 4 is 17.2 Å². The van der Waals surface area contributed by atoms with E-state index in [-0.39, 0.29) is 5.91 Å². The van der Waals surface area contributed by atoms with E-state index in [9.17, 15) is 4.79 Å². The summed E-state index contributed by atoms with van der Waals surface area (Å²) in [6.07, 6.45) is 1.44. The highest BCUT2D eigenvalue weighted by atomic mass is 32.1. The van der Waals surface area contributed by atoms with Crippen molar-refractivity contribution in [1.82, 2.24) is 9.88 Å². The first-order valence-corrected chi connectivity index (χ1v) is 10.0. The van der Waals surface area contributed by atoms with Crippen LogP contribution >= 0.6 is 11.3 Å². The Kier molecular flexibility index (Phi) is 8.06. The Hall–Kier alpha value is -2.12. The maximum Gasteiger partial charge on any atom is 0.273 e. The van der Waals surface area contributed by atoms with Crippen molar-refractivity contribution < 1.29 is 14.3 Å². The van der Waals surface area contributed by atoms with Crippen molar-refractivity contribution in [1.29, 1.82) is 0 Å². The molecular formula is C20H29N3O3S. The number of hydrogen-bond acceptors (Lipinski definition) is 6. The maximum atomic E-state index is 12.9. The molecule has 0 unspecified atom stereocenters. The van der Waals surface area contributed by atoms with Gasteiger partial charge in [0, 0.05) is 24.9 Å². The fourth-order valence-electron chi connectivity index (χ4n) is 2.83. The molecule has 148 valence electrons. The zero-order chi connectivity index (χ0) is 19.8. The first-order chi connectivity index (χ1) is 13.0. The number of hydrogen-bond donors (Lipinski definition) is 1. The summed E-state index contributed by atoms with van der Waals surface area (Å²) in [7, 11) is 3.24. The van der Waals surface area contributed by atoms with E-state index in [0.29, 0.717) is 49.2 Å². The highest BCUT2D eigenvalue weighted by Crippen LogP contribution is 2.27. The molecule has 0 spiro atoms. The highest BCUT2D eigenvalue weighted by molar-refractivity contribution is 7.09.